The summed E-state index contributed by atoms with van der Waals surface area (Å²) in [7, 11) is 0. The third kappa shape index (κ3) is 3.95. The number of carbonyl (C=O) groups is 1. The molecule has 3 rings (SSSR count). The number of allylic oxidation sites excluding steroid dienone is 1. The summed E-state index contributed by atoms with van der Waals surface area (Å²) in [4.78, 5) is 17.5. The molecule has 2 heterocycles. The quantitative estimate of drug-likeness (QED) is 0.666. The van der Waals surface area contributed by atoms with Crippen molar-refractivity contribution in [1.82, 2.24) is 14.8 Å². The lowest BCUT2D eigenvalue weighted by molar-refractivity contribution is -0.225. The third-order valence-electron chi connectivity index (χ3n) is 4.65. The number of hydrogen-bond acceptors (Lipinski definition) is 5. The summed E-state index contributed by atoms with van der Waals surface area (Å²) in [6.45, 7) is 4.66. The van der Waals surface area contributed by atoms with E-state index < -0.39 is 5.41 Å². The lowest BCUT2D eigenvalue weighted by Crippen LogP contribution is -2.47. The van der Waals surface area contributed by atoms with Crippen LogP contribution in [0.15, 0.2) is 41.4 Å². The molecular formula is C19H22BrN3O3. The fraction of sp³-hybridized carbons (Fsp3) is 0.421. The van der Waals surface area contributed by atoms with Gasteiger partial charge in [0.25, 0.3) is 0 Å². The Morgan fingerprint density at radius 2 is 2.00 bits per heavy atom. The number of rotatable bonds is 6. The van der Waals surface area contributed by atoms with E-state index in [1.165, 1.54) is 17.3 Å². The summed E-state index contributed by atoms with van der Waals surface area (Å²) < 4.78 is 14.0. The molecule has 1 aliphatic heterocycles. The third-order valence-corrected chi connectivity index (χ3v) is 5.18. The summed E-state index contributed by atoms with van der Waals surface area (Å²) in [5.74, 6) is -0.0528. The highest BCUT2D eigenvalue weighted by molar-refractivity contribution is 9.10. The van der Waals surface area contributed by atoms with Crippen molar-refractivity contribution in [3.05, 3.63) is 47.0 Å². The van der Waals surface area contributed by atoms with Crippen LogP contribution in [0.5, 0.6) is 0 Å². The van der Waals surface area contributed by atoms with Crippen LogP contribution in [0.4, 0.5) is 0 Å². The van der Waals surface area contributed by atoms with Crippen molar-refractivity contribution < 1.29 is 14.3 Å². The summed E-state index contributed by atoms with van der Waals surface area (Å²) in [5.41, 5.74) is 0.634. The van der Waals surface area contributed by atoms with E-state index in [0.717, 1.165) is 16.5 Å². The Kier molecular flexibility index (Phi) is 6.01. The van der Waals surface area contributed by atoms with Crippen molar-refractivity contribution in [3.8, 4) is 0 Å². The molecule has 1 aromatic carbocycles. The number of benzene rings is 1. The van der Waals surface area contributed by atoms with Gasteiger partial charge in [0.2, 0.25) is 0 Å². The standard InChI is InChI=1S/C19H22BrN3O3/c1-3-17-25-10-19(4-2,11-26-17)18(24)16(23-13-21-12-22-23)9-14-5-7-15(20)8-6-14/h5-9,12-13,17H,3-4,10-11H2,1-2H3. The average molecular weight is 420 g/mol. The number of halogens is 1. The van der Waals surface area contributed by atoms with Crippen LogP contribution in [0, 0.1) is 5.41 Å². The molecule has 0 radical (unpaired) electrons. The second-order valence-corrected chi connectivity index (χ2v) is 7.26. The SMILES string of the molecule is CCC1OCC(CC)(C(=O)C(=Cc2ccc(Br)cc2)n2cncn2)CO1. The van der Waals surface area contributed by atoms with Gasteiger partial charge in [-0.2, -0.15) is 5.10 Å². The van der Waals surface area contributed by atoms with Crippen molar-refractivity contribution in [2.75, 3.05) is 13.2 Å². The zero-order valence-corrected chi connectivity index (χ0v) is 16.5. The summed E-state index contributed by atoms with van der Waals surface area (Å²) >= 11 is 3.43. The molecule has 7 heteroatoms. The van der Waals surface area contributed by atoms with Crippen molar-refractivity contribution in [2.45, 2.75) is 33.0 Å². The molecule has 1 aliphatic rings. The monoisotopic (exact) mass is 419 g/mol. The van der Waals surface area contributed by atoms with Crippen molar-refractivity contribution in [1.29, 1.82) is 0 Å². The fourth-order valence-corrected chi connectivity index (χ4v) is 3.15. The maximum atomic E-state index is 13.5. The van der Waals surface area contributed by atoms with Gasteiger partial charge in [0.15, 0.2) is 12.1 Å². The van der Waals surface area contributed by atoms with E-state index in [2.05, 4.69) is 26.0 Å². The lowest BCUT2D eigenvalue weighted by Gasteiger charge is -2.38. The van der Waals surface area contributed by atoms with Gasteiger partial charge in [0, 0.05) is 4.47 Å². The van der Waals surface area contributed by atoms with Crippen molar-refractivity contribution >= 4 is 33.5 Å². The van der Waals surface area contributed by atoms with Crippen LogP contribution in [-0.2, 0) is 14.3 Å². The minimum atomic E-state index is -0.723. The molecule has 0 atom stereocenters. The first kappa shape index (κ1) is 18.9. The largest absolute Gasteiger partial charge is 0.352 e. The molecule has 6 nitrogen and oxygen atoms in total. The Bertz CT molecular complexity index is 764. The number of hydrogen-bond donors (Lipinski definition) is 0. The Morgan fingerprint density at radius 3 is 2.54 bits per heavy atom. The first-order valence-electron chi connectivity index (χ1n) is 8.68. The molecule has 1 fully saturated rings. The van der Waals surface area contributed by atoms with Gasteiger partial charge in [-0.15, -0.1) is 0 Å². The molecule has 0 amide bonds. The predicted octanol–water partition coefficient (Wildman–Crippen LogP) is 3.79. The number of Topliss-reactive ketones (excluding diaryl/α,β-unsaturated/α-hetero) is 1. The molecule has 0 N–H and O–H groups in total. The summed E-state index contributed by atoms with van der Waals surface area (Å²) in [5, 5.41) is 4.17. The van der Waals surface area contributed by atoms with Gasteiger partial charge < -0.3 is 9.47 Å². The molecular weight excluding hydrogens is 398 g/mol. The van der Waals surface area contributed by atoms with E-state index in [4.69, 9.17) is 9.47 Å². The van der Waals surface area contributed by atoms with Crippen LogP contribution < -0.4 is 0 Å². The second-order valence-electron chi connectivity index (χ2n) is 6.34. The molecule has 26 heavy (non-hydrogen) atoms. The molecule has 0 aliphatic carbocycles. The average Bonchev–Trinajstić information content (AvgIpc) is 3.21. The van der Waals surface area contributed by atoms with Crippen LogP contribution in [-0.4, -0.2) is 40.1 Å². The summed E-state index contributed by atoms with van der Waals surface area (Å²) in [6.07, 6.45) is 5.92. The fourth-order valence-electron chi connectivity index (χ4n) is 2.88. The molecule has 0 unspecified atom stereocenters. The first-order chi connectivity index (χ1) is 12.6. The number of ketones is 1. The highest BCUT2D eigenvalue weighted by atomic mass is 79.9. The molecule has 138 valence electrons. The molecule has 1 aromatic heterocycles. The molecule has 0 saturated carbocycles. The number of aromatic nitrogens is 3. The van der Waals surface area contributed by atoms with Gasteiger partial charge in [-0.3, -0.25) is 4.79 Å². The van der Waals surface area contributed by atoms with E-state index in [1.54, 1.807) is 0 Å². The van der Waals surface area contributed by atoms with E-state index in [1.807, 2.05) is 44.2 Å². The van der Waals surface area contributed by atoms with E-state index in [0.29, 0.717) is 25.3 Å². The normalized spacial score (nSPS) is 23.8. The minimum absolute atomic E-state index is 0.0528. The van der Waals surface area contributed by atoms with Crippen LogP contribution >= 0.6 is 15.9 Å². The van der Waals surface area contributed by atoms with Gasteiger partial charge in [0.1, 0.15) is 18.4 Å². The van der Waals surface area contributed by atoms with Crippen LogP contribution in [0.2, 0.25) is 0 Å². The van der Waals surface area contributed by atoms with E-state index in [-0.39, 0.29) is 12.1 Å². The Hall–Kier alpha value is -1.83. The minimum Gasteiger partial charge on any atom is -0.352 e. The molecule has 2 aromatic rings. The molecule has 1 saturated heterocycles. The Balaban J connectivity index is 1.96. The van der Waals surface area contributed by atoms with Crippen LogP contribution in [0.3, 0.4) is 0 Å². The van der Waals surface area contributed by atoms with Gasteiger partial charge in [-0.1, -0.05) is 41.9 Å². The Morgan fingerprint density at radius 1 is 1.31 bits per heavy atom. The van der Waals surface area contributed by atoms with Crippen LogP contribution in [0.25, 0.3) is 11.8 Å². The zero-order chi connectivity index (χ0) is 18.6. The predicted molar refractivity (Wildman–Crippen MR) is 102 cm³/mol. The van der Waals surface area contributed by atoms with E-state index in [9.17, 15) is 4.79 Å². The van der Waals surface area contributed by atoms with Crippen molar-refractivity contribution in [3.63, 3.8) is 0 Å². The van der Waals surface area contributed by atoms with Crippen molar-refractivity contribution in [2.24, 2.45) is 5.41 Å². The second kappa shape index (κ2) is 8.24. The Labute approximate surface area is 161 Å². The van der Waals surface area contributed by atoms with Crippen LogP contribution in [0.1, 0.15) is 32.3 Å². The van der Waals surface area contributed by atoms with Gasteiger partial charge in [-0.05, 0) is 36.6 Å². The number of nitrogens with zero attached hydrogens (tertiary/aromatic N) is 3. The number of ether oxygens (including phenoxy) is 2. The topological polar surface area (TPSA) is 66.2 Å². The maximum Gasteiger partial charge on any atom is 0.192 e. The maximum absolute atomic E-state index is 13.5. The highest BCUT2D eigenvalue weighted by Gasteiger charge is 2.43. The van der Waals surface area contributed by atoms with Gasteiger partial charge in [-0.25, -0.2) is 9.67 Å². The smallest absolute Gasteiger partial charge is 0.192 e. The van der Waals surface area contributed by atoms with Gasteiger partial charge >= 0.3 is 0 Å². The lowest BCUT2D eigenvalue weighted by atomic mass is 9.80. The molecule has 0 bridgehead atoms. The van der Waals surface area contributed by atoms with Gasteiger partial charge in [0.05, 0.1) is 18.6 Å². The number of carbonyl (C=O) groups excluding carboxylic acids is 1. The molecule has 0 spiro atoms. The van der Waals surface area contributed by atoms with E-state index >= 15 is 0 Å². The highest BCUT2D eigenvalue weighted by Crippen LogP contribution is 2.34. The first-order valence-corrected chi connectivity index (χ1v) is 9.47. The summed E-state index contributed by atoms with van der Waals surface area (Å²) in [6, 6.07) is 7.74. The zero-order valence-electron chi connectivity index (χ0n) is 14.9.